The van der Waals surface area contributed by atoms with Gasteiger partial charge in [-0.05, 0) is 116 Å². The summed E-state index contributed by atoms with van der Waals surface area (Å²) in [5, 5.41) is 3.36. The summed E-state index contributed by atoms with van der Waals surface area (Å²) >= 11 is 0. The van der Waals surface area contributed by atoms with Crippen LogP contribution in [-0.2, 0) is 0 Å². The van der Waals surface area contributed by atoms with Gasteiger partial charge in [-0.2, -0.15) is 0 Å². The minimum Gasteiger partial charge on any atom is -0.454 e. The van der Waals surface area contributed by atoms with Crippen LogP contribution in [0.4, 0.5) is 0 Å². The molecule has 0 aliphatic carbocycles. The number of fused-ring (bicyclic) bond motifs is 6. The molecule has 0 fully saturated rings. The van der Waals surface area contributed by atoms with Crippen LogP contribution >= 0.6 is 0 Å². The lowest BCUT2D eigenvalue weighted by Gasteiger charge is -2.22. The van der Waals surface area contributed by atoms with Crippen LogP contribution in [0.5, 0.6) is 0 Å². The topological polar surface area (TPSA) is 31.0 Å². The predicted octanol–water partition coefficient (Wildman–Crippen LogP) is 19.4. The maximum atomic E-state index is 6.89. The summed E-state index contributed by atoms with van der Waals surface area (Å²) in [4.78, 5) is 5.34. The molecule has 0 saturated heterocycles. The number of furan rings is 1. The van der Waals surface area contributed by atoms with Gasteiger partial charge in [0.15, 0.2) is 5.58 Å². The lowest BCUT2D eigenvalue weighted by Crippen LogP contribution is -2.02. The molecule has 14 aromatic rings. The van der Waals surface area contributed by atoms with Crippen molar-refractivity contribution in [3.8, 4) is 94.8 Å². The molecule has 0 aliphatic heterocycles. The van der Waals surface area contributed by atoms with E-state index in [2.05, 4.69) is 271 Å². The first-order chi connectivity index (χ1) is 36.7. The number of aromatic nitrogens is 2. The van der Waals surface area contributed by atoms with Gasteiger partial charge in [0.1, 0.15) is 11.1 Å². The van der Waals surface area contributed by atoms with Crippen LogP contribution < -0.4 is 0 Å². The summed E-state index contributed by atoms with van der Waals surface area (Å²) in [7, 11) is 0. The van der Waals surface area contributed by atoms with Gasteiger partial charge in [0, 0.05) is 38.4 Å². The van der Waals surface area contributed by atoms with E-state index in [1.54, 1.807) is 0 Å². The van der Waals surface area contributed by atoms with Crippen LogP contribution in [0, 0.1) is 0 Å². The average molecular weight is 943 g/mol. The van der Waals surface area contributed by atoms with Gasteiger partial charge >= 0.3 is 0 Å². The Morgan fingerprint density at radius 1 is 0.270 bits per heavy atom. The van der Waals surface area contributed by atoms with E-state index in [-0.39, 0.29) is 0 Å². The Morgan fingerprint density at radius 2 is 0.649 bits per heavy atom. The molecular weight excluding hydrogens is 897 g/mol. The van der Waals surface area contributed by atoms with E-state index >= 15 is 0 Å². The van der Waals surface area contributed by atoms with E-state index in [9.17, 15) is 0 Å². The molecule has 0 atom stereocenters. The highest BCUT2D eigenvalue weighted by molar-refractivity contribution is 6.14. The molecule has 0 aliphatic rings. The van der Waals surface area contributed by atoms with Crippen molar-refractivity contribution < 1.29 is 4.42 Å². The van der Waals surface area contributed by atoms with Gasteiger partial charge in [-0.3, -0.25) is 0 Å². The molecule has 3 heteroatoms. The first-order valence-electron chi connectivity index (χ1n) is 25.3. The van der Waals surface area contributed by atoms with Crippen molar-refractivity contribution in [2.45, 2.75) is 0 Å². The summed E-state index contributed by atoms with van der Waals surface area (Å²) in [6.45, 7) is 0. The van der Waals surface area contributed by atoms with E-state index in [1.165, 1.54) is 44.2 Å². The third-order valence-electron chi connectivity index (χ3n) is 14.6. The molecular formula is C71H46N2O. The SMILES string of the molecule is c1ccc(-c2ccc(-c3cc(-c4cc(-c5ccccc5)nc5c4oc4ccccc45)cc(-c4ccc(-c5ccccc5)cc4)c3-n3c4ccc(-c5ccccc5)cc4c4cc(-c5ccccc5)ccc43)cc2)cc1. The quantitative estimate of drug-likeness (QED) is 0.144. The molecule has 0 N–H and O–H groups in total. The molecule has 14 rings (SSSR count). The highest BCUT2D eigenvalue weighted by Gasteiger charge is 2.25. The Balaban J connectivity index is 1.11. The average Bonchev–Trinajstić information content (AvgIpc) is 4.03. The smallest absolute Gasteiger partial charge is 0.161 e. The summed E-state index contributed by atoms with van der Waals surface area (Å²) < 4.78 is 9.42. The second kappa shape index (κ2) is 18.1. The lowest BCUT2D eigenvalue weighted by atomic mass is 9.89. The first kappa shape index (κ1) is 43.0. The summed E-state index contributed by atoms with van der Waals surface area (Å²) in [6.07, 6.45) is 0. The molecule has 346 valence electrons. The Kier molecular flexibility index (Phi) is 10.5. The third-order valence-corrected chi connectivity index (χ3v) is 14.6. The number of pyridine rings is 1. The van der Waals surface area contributed by atoms with E-state index < -0.39 is 0 Å². The Morgan fingerprint density at radius 3 is 1.12 bits per heavy atom. The van der Waals surface area contributed by atoms with Crippen LogP contribution in [0.1, 0.15) is 0 Å². The zero-order chi connectivity index (χ0) is 49.0. The second-order valence-corrected chi connectivity index (χ2v) is 19.0. The minimum atomic E-state index is 0.758. The maximum Gasteiger partial charge on any atom is 0.161 e. The van der Waals surface area contributed by atoms with Crippen molar-refractivity contribution in [1.29, 1.82) is 0 Å². The van der Waals surface area contributed by atoms with Gasteiger partial charge < -0.3 is 8.98 Å². The Hall–Kier alpha value is -9.83. The standard InChI is InChI=1S/C71H46N2O/c1-6-18-47(19-7-1)51-30-34-53(35-31-51)60-44-58(62-46-65(55-26-14-5-15-27-55)72-69-59-28-16-17-29-68(59)74-71(62)69)45-61(54-36-32-52(33-37-54)48-20-8-2-9-21-48)70(60)73-66-40-38-56(49-22-10-3-11-23-49)42-63(66)64-43-57(39-41-67(64)73)50-24-12-4-13-25-50/h1-46H. The maximum absolute atomic E-state index is 6.89. The highest BCUT2D eigenvalue weighted by Crippen LogP contribution is 2.47. The number of para-hydroxylation sites is 1. The number of benzene rings is 11. The molecule has 11 aromatic carbocycles. The Bertz CT molecular complexity index is 4150. The van der Waals surface area contributed by atoms with Crippen molar-refractivity contribution in [1.82, 2.24) is 9.55 Å². The van der Waals surface area contributed by atoms with Gasteiger partial charge in [0.25, 0.3) is 0 Å². The van der Waals surface area contributed by atoms with Crippen molar-refractivity contribution in [3.63, 3.8) is 0 Å². The molecule has 3 aromatic heterocycles. The number of hydrogen-bond donors (Lipinski definition) is 0. The summed E-state index contributed by atoms with van der Waals surface area (Å²) in [5.74, 6) is 0. The molecule has 0 saturated carbocycles. The monoisotopic (exact) mass is 942 g/mol. The van der Waals surface area contributed by atoms with E-state index in [4.69, 9.17) is 9.40 Å². The molecule has 0 unspecified atom stereocenters. The molecule has 0 radical (unpaired) electrons. The molecule has 0 bridgehead atoms. The predicted molar refractivity (Wildman–Crippen MR) is 309 cm³/mol. The van der Waals surface area contributed by atoms with E-state index in [1.807, 2.05) is 12.1 Å². The molecule has 0 spiro atoms. The summed E-state index contributed by atoms with van der Waals surface area (Å²) in [6, 6.07) is 101. The van der Waals surface area contributed by atoms with Gasteiger partial charge in [0.05, 0.1) is 22.4 Å². The normalized spacial score (nSPS) is 11.5. The van der Waals surface area contributed by atoms with Crippen LogP contribution in [-0.4, -0.2) is 9.55 Å². The van der Waals surface area contributed by atoms with E-state index in [0.29, 0.717) is 0 Å². The summed E-state index contributed by atoms with van der Waals surface area (Å²) in [5.41, 5.74) is 23.4. The van der Waals surface area contributed by atoms with Crippen molar-refractivity contribution in [2.24, 2.45) is 0 Å². The van der Waals surface area contributed by atoms with Crippen molar-refractivity contribution >= 4 is 43.9 Å². The van der Waals surface area contributed by atoms with Crippen LogP contribution in [0.15, 0.2) is 283 Å². The third kappa shape index (κ3) is 7.58. The fourth-order valence-corrected chi connectivity index (χ4v) is 11.0. The van der Waals surface area contributed by atoms with Crippen LogP contribution in [0.3, 0.4) is 0 Å². The number of rotatable bonds is 9. The van der Waals surface area contributed by atoms with E-state index in [0.717, 1.165) is 94.6 Å². The van der Waals surface area contributed by atoms with Gasteiger partial charge in [-0.1, -0.05) is 224 Å². The second-order valence-electron chi connectivity index (χ2n) is 19.0. The van der Waals surface area contributed by atoms with Gasteiger partial charge in [0.2, 0.25) is 0 Å². The zero-order valence-electron chi connectivity index (χ0n) is 40.4. The van der Waals surface area contributed by atoms with Gasteiger partial charge in [-0.15, -0.1) is 0 Å². The van der Waals surface area contributed by atoms with Crippen LogP contribution in [0.25, 0.3) is 139 Å². The minimum absolute atomic E-state index is 0.758. The highest BCUT2D eigenvalue weighted by atomic mass is 16.3. The van der Waals surface area contributed by atoms with Crippen molar-refractivity contribution in [2.75, 3.05) is 0 Å². The number of hydrogen-bond acceptors (Lipinski definition) is 2. The fourth-order valence-electron chi connectivity index (χ4n) is 11.0. The van der Waals surface area contributed by atoms with Crippen LogP contribution in [0.2, 0.25) is 0 Å². The first-order valence-corrected chi connectivity index (χ1v) is 25.3. The lowest BCUT2D eigenvalue weighted by molar-refractivity contribution is 0.669. The zero-order valence-corrected chi connectivity index (χ0v) is 40.4. The molecule has 3 heterocycles. The Labute approximate surface area is 429 Å². The largest absolute Gasteiger partial charge is 0.454 e. The molecule has 0 amide bonds. The molecule has 3 nitrogen and oxygen atoms in total. The fraction of sp³-hybridized carbons (Fsp3) is 0. The van der Waals surface area contributed by atoms with Crippen molar-refractivity contribution in [3.05, 3.63) is 279 Å². The molecule has 74 heavy (non-hydrogen) atoms. The van der Waals surface area contributed by atoms with Gasteiger partial charge in [-0.25, -0.2) is 4.98 Å². The number of nitrogens with zero attached hydrogens (tertiary/aromatic N) is 2.